The van der Waals surface area contributed by atoms with Crippen LogP contribution in [0.15, 0.2) is 47.9 Å². The summed E-state index contributed by atoms with van der Waals surface area (Å²) in [4.78, 5) is 12.3. The van der Waals surface area contributed by atoms with Crippen molar-refractivity contribution in [2.24, 2.45) is 0 Å². The number of benzene rings is 2. The highest BCUT2D eigenvalue weighted by Gasteiger charge is 2.13. The molecule has 1 amide bonds. The number of rotatable bonds is 5. The number of thioether (sulfide) groups is 1. The summed E-state index contributed by atoms with van der Waals surface area (Å²) in [6.45, 7) is 3.88. The number of carbonyl (C=O) groups excluding carboxylic acids is 1. The molecule has 1 heterocycles. The molecule has 2 aromatic carbocycles. The summed E-state index contributed by atoms with van der Waals surface area (Å²) in [5.74, 6) is 0.0209. The second kappa shape index (κ2) is 8.12. The van der Waals surface area contributed by atoms with Gasteiger partial charge in [-0.1, -0.05) is 47.1 Å². The van der Waals surface area contributed by atoms with Gasteiger partial charge in [0.25, 0.3) is 0 Å². The second-order valence-corrected chi connectivity index (χ2v) is 7.53. The number of aromatic nitrogens is 3. The van der Waals surface area contributed by atoms with Crippen LogP contribution in [0.2, 0.25) is 10.0 Å². The van der Waals surface area contributed by atoms with Gasteiger partial charge in [0.05, 0.1) is 22.2 Å². The molecule has 0 radical (unpaired) electrons. The Morgan fingerprint density at radius 3 is 2.77 bits per heavy atom. The molecule has 26 heavy (non-hydrogen) atoms. The molecule has 3 aromatic rings. The van der Waals surface area contributed by atoms with Gasteiger partial charge in [-0.15, -0.1) is 10.2 Å². The molecule has 0 fully saturated rings. The van der Waals surface area contributed by atoms with Crippen molar-refractivity contribution in [3.63, 3.8) is 0 Å². The predicted molar refractivity (Wildman–Crippen MR) is 107 cm³/mol. The summed E-state index contributed by atoms with van der Waals surface area (Å²) in [7, 11) is 0. The van der Waals surface area contributed by atoms with Gasteiger partial charge in [0, 0.05) is 5.02 Å². The molecule has 0 atom stereocenters. The molecule has 0 unspecified atom stereocenters. The summed E-state index contributed by atoms with van der Waals surface area (Å²) in [5, 5.41) is 12.6. The van der Waals surface area contributed by atoms with Crippen molar-refractivity contribution >= 4 is 46.6 Å². The van der Waals surface area contributed by atoms with E-state index in [1.165, 1.54) is 11.8 Å². The first-order chi connectivity index (χ1) is 12.4. The van der Waals surface area contributed by atoms with Crippen LogP contribution in [-0.2, 0) is 4.79 Å². The summed E-state index contributed by atoms with van der Waals surface area (Å²) >= 11 is 13.6. The zero-order valence-corrected chi connectivity index (χ0v) is 16.5. The van der Waals surface area contributed by atoms with Gasteiger partial charge in [0.15, 0.2) is 5.16 Å². The number of carbonyl (C=O) groups is 1. The minimum atomic E-state index is -0.163. The molecule has 0 aliphatic carbocycles. The van der Waals surface area contributed by atoms with E-state index in [2.05, 4.69) is 15.5 Å². The van der Waals surface area contributed by atoms with E-state index in [1.54, 1.807) is 17.0 Å². The van der Waals surface area contributed by atoms with Crippen molar-refractivity contribution < 1.29 is 4.79 Å². The standard InChI is InChI=1S/C18H16Cl2N4OS/c1-11-6-12(2)17(15(20)7-11)22-16(25)9-26-18-23-21-10-24(18)14-5-3-4-13(19)8-14/h3-8,10H,9H2,1-2H3,(H,22,25). The molecule has 0 bridgehead atoms. The quantitative estimate of drug-likeness (QED) is 0.610. The number of nitrogens with zero attached hydrogens (tertiary/aromatic N) is 3. The highest BCUT2D eigenvalue weighted by molar-refractivity contribution is 7.99. The van der Waals surface area contributed by atoms with E-state index in [0.29, 0.717) is 20.9 Å². The maximum absolute atomic E-state index is 12.3. The Bertz CT molecular complexity index is 935. The van der Waals surface area contributed by atoms with Crippen molar-refractivity contribution in [2.45, 2.75) is 19.0 Å². The maximum Gasteiger partial charge on any atom is 0.234 e. The average Bonchev–Trinajstić information content (AvgIpc) is 3.05. The lowest BCUT2D eigenvalue weighted by Gasteiger charge is -2.11. The van der Waals surface area contributed by atoms with E-state index in [-0.39, 0.29) is 11.7 Å². The smallest absolute Gasteiger partial charge is 0.234 e. The largest absolute Gasteiger partial charge is 0.324 e. The van der Waals surface area contributed by atoms with Crippen molar-refractivity contribution in [1.82, 2.24) is 14.8 Å². The average molecular weight is 407 g/mol. The van der Waals surface area contributed by atoms with E-state index < -0.39 is 0 Å². The number of hydrogen-bond donors (Lipinski definition) is 1. The topological polar surface area (TPSA) is 59.8 Å². The molecule has 1 aromatic heterocycles. The molecule has 0 aliphatic rings. The number of anilines is 1. The van der Waals surface area contributed by atoms with Gasteiger partial charge in [0.1, 0.15) is 6.33 Å². The number of amides is 1. The minimum Gasteiger partial charge on any atom is -0.324 e. The van der Waals surface area contributed by atoms with Crippen LogP contribution in [-0.4, -0.2) is 26.4 Å². The van der Waals surface area contributed by atoms with E-state index in [0.717, 1.165) is 16.8 Å². The van der Waals surface area contributed by atoms with Crippen LogP contribution in [0.1, 0.15) is 11.1 Å². The fraction of sp³-hybridized carbons (Fsp3) is 0.167. The first-order valence-electron chi connectivity index (χ1n) is 7.79. The number of hydrogen-bond acceptors (Lipinski definition) is 4. The Morgan fingerprint density at radius 1 is 1.23 bits per heavy atom. The number of aryl methyl sites for hydroxylation is 2. The van der Waals surface area contributed by atoms with Gasteiger partial charge < -0.3 is 5.32 Å². The van der Waals surface area contributed by atoms with Crippen LogP contribution in [0.5, 0.6) is 0 Å². The molecule has 0 aliphatic heterocycles. The third kappa shape index (κ3) is 4.38. The van der Waals surface area contributed by atoms with E-state index >= 15 is 0 Å². The summed E-state index contributed by atoms with van der Waals surface area (Å²) in [5.41, 5.74) is 3.45. The second-order valence-electron chi connectivity index (χ2n) is 5.74. The van der Waals surface area contributed by atoms with Crippen LogP contribution in [0.3, 0.4) is 0 Å². The van der Waals surface area contributed by atoms with E-state index in [9.17, 15) is 4.79 Å². The Morgan fingerprint density at radius 2 is 2.04 bits per heavy atom. The SMILES string of the molecule is Cc1cc(C)c(NC(=O)CSc2nncn2-c2cccc(Cl)c2)c(Cl)c1. The first-order valence-corrected chi connectivity index (χ1v) is 9.53. The lowest BCUT2D eigenvalue weighted by molar-refractivity contribution is -0.113. The summed E-state index contributed by atoms with van der Waals surface area (Å²) in [6.07, 6.45) is 1.59. The van der Waals surface area contributed by atoms with Gasteiger partial charge in [-0.3, -0.25) is 9.36 Å². The Kier molecular flexibility index (Phi) is 5.86. The minimum absolute atomic E-state index is 0.163. The van der Waals surface area contributed by atoms with Crippen LogP contribution < -0.4 is 5.32 Å². The van der Waals surface area contributed by atoms with Crippen LogP contribution >= 0.6 is 35.0 Å². The third-order valence-electron chi connectivity index (χ3n) is 3.63. The monoisotopic (exact) mass is 406 g/mol. The van der Waals surface area contributed by atoms with Crippen molar-refractivity contribution in [1.29, 1.82) is 0 Å². The van der Waals surface area contributed by atoms with Crippen molar-refractivity contribution in [3.05, 3.63) is 63.9 Å². The van der Waals surface area contributed by atoms with E-state index in [4.69, 9.17) is 23.2 Å². The zero-order valence-electron chi connectivity index (χ0n) is 14.2. The fourth-order valence-electron chi connectivity index (χ4n) is 2.51. The van der Waals surface area contributed by atoms with Crippen molar-refractivity contribution in [2.75, 3.05) is 11.1 Å². The van der Waals surface area contributed by atoms with Gasteiger partial charge in [0.2, 0.25) is 5.91 Å². The molecule has 0 spiro atoms. The van der Waals surface area contributed by atoms with Crippen LogP contribution in [0.4, 0.5) is 5.69 Å². The molecule has 0 saturated heterocycles. The van der Waals surface area contributed by atoms with Crippen LogP contribution in [0.25, 0.3) is 5.69 Å². The highest BCUT2D eigenvalue weighted by Crippen LogP contribution is 2.28. The summed E-state index contributed by atoms with van der Waals surface area (Å²) in [6, 6.07) is 11.2. The third-order valence-corrected chi connectivity index (χ3v) is 5.11. The molecule has 3 rings (SSSR count). The highest BCUT2D eigenvalue weighted by atomic mass is 35.5. The lowest BCUT2D eigenvalue weighted by atomic mass is 10.1. The Labute approximate surface area is 165 Å². The molecular formula is C18H16Cl2N4OS. The first kappa shape index (κ1) is 18.8. The van der Waals surface area contributed by atoms with Crippen molar-refractivity contribution in [3.8, 4) is 5.69 Å². The van der Waals surface area contributed by atoms with Gasteiger partial charge >= 0.3 is 0 Å². The van der Waals surface area contributed by atoms with Gasteiger partial charge in [-0.25, -0.2) is 0 Å². The molecule has 8 heteroatoms. The number of halogens is 2. The van der Waals surface area contributed by atoms with Gasteiger partial charge in [-0.05, 0) is 49.2 Å². The Balaban J connectivity index is 1.69. The molecule has 1 N–H and O–H groups in total. The maximum atomic E-state index is 12.3. The molecular weight excluding hydrogens is 391 g/mol. The molecule has 0 saturated carbocycles. The predicted octanol–water partition coefficient (Wildman–Crippen LogP) is 4.92. The zero-order chi connectivity index (χ0) is 18.7. The normalized spacial score (nSPS) is 10.8. The van der Waals surface area contributed by atoms with Crippen LogP contribution in [0, 0.1) is 13.8 Å². The molecule has 5 nitrogen and oxygen atoms in total. The van der Waals surface area contributed by atoms with E-state index in [1.807, 2.05) is 44.2 Å². The lowest BCUT2D eigenvalue weighted by Crippen LogP contribution is -2.15. The fourth-order valence-corrected chi connectivity index (χ4v) is 3.79. The Hall–Kier alpha value is -2.02. The molecule has 134 valence electrons. The van der Waals surface area contributed by atoms with Gasteiger partial charge in [-0.2, -0.15) is 0 Å². The summed E-state index contributed by atoms with van der Waals surface area (Å²) < 4.78 is 1.79. The number of nitrogens with one attached hydrogen (secondary N) is 1.